The molecule has 0 saturated carbocycles. The average molecular weight is 427 g/mol. The van der Waals surface area contributed by atoms with Gasteiger partial charge >= 0.3 is 0 Å². The second kappa shape index (κ2) is 8.03. The summed E-state index contributed by atoms with van der Waals surface area (Å²) in [5, 5.41) is 7.90. The summed E-state index contributed by atoms with van der Waals surface area (Å²) in [5.74, 6) is -0.883. The van der Waals surface area contributed by atoms with Crippen LogP contribution in [0.1, 0.15) is 10.6 Å². The number of amides is 1. The van der Waals surface area contributed by atoms with Crippen LogP contribution in [-0.2, 0) is 0 Å². The number of aromatic nitrogens is 3. The van der Waals surface area contributed by atoms with Crippen molar-refractivity contribution in [1.29, 1.82) is 0 Å². The van der Waals surface area contributed by atoms with Gasteiger partial charge in [0.2, 0.25) is 5.82 Å². The van der Waals surface area contributed by atoms with E-state index in [1.54, 1.807) is 54.6 Å². The van der Waals surface area contributed by atoms with E-state index in [1.165, 1.54) is 22.9 Å². The van der Waals surface area contributed by atoms with E-state index in [0.717, 1.165) is 0 Å². The van der Waals surface area contributed by atoms with Crippen LogP contribution in [0.25, 0.3) is 17.1 Å². The highest BCUT2D eigenvalue weighted by molar-refractivity contribution is 6.31. The standard InChI is InChI=1S/C21H13Cl2FN4O/c22-14-8-10-16(11-9-14)28-20(13-4-3-5-15(23)12-13)26-19(27-28)21(29)25-18-7-2-1-6-17(18)24/h1-12H,(H,25,29). The summed E-state index contributed by atoms with van der Waals surface area (Å²) >= 11 is 12.1. The smallest absolute Gasteiger partial charge is 0.295 e. The molecule has 1 aromatic heterocycles. The highest BCUT2D eigenvalue weighted by atomic mass is 35.5. The topological polar surface area (TPSA) is 59.8 Å². The van der Waals surface area contributed by atoms with Gasteiger partial charge in [-0.1, -0.05) is 47.5 Å². The number of halogens is 3. The van der Waals surface area contributed by atoms with Crippen molar-refractivity contribution in [2.24, 2.45) is 0 Å². The first kappa shape index (κ1) is 19.1. The highest BCUT2D eigenvalue weighted by Crippen LogP contribution is 2.25. The largest absolute Gasteiger partial charge is 0.317 e. The first-order chi connectivity index (χ1) is 14.0. The molecule has 8 heteroatoms. The maximum absolute atomic E-state index is 13.9. The van der Waals surface area contributed by atoms with Crippen molar-refractivity contribution in [2.75, 3.05) is 5.32 Å². The van der Waals surface area contributed by atoms with Crippen LogP contribution in [0.2, 0.25) is 10.0 Å². The molecular weight excluding hydrogens is 414 g/mol. The molecule has 0 aliphatic rings. The van der Waals surface area contributed by atoms with E-state index in [4.69, 9.17) is 23.2 Å². The van der Waals surface area contributed by atoms with Gasteiger partial charge in [-0.3, -0.25) is 4.79 Å². The highest BCUT2D eigenvalue weighted by Gasteiger charge is 2.20. The molecule has 0 aliphatic heterocycles. The van der Waals surface area contributed by atoms with E-state index >= 15 is 0 Å². The predicted molar refractivity (Wildman–Crippen MR) is 111 cm³/mol. The number of carbonyl (C=O) groups is 1. The minimum atomic E-state index is -0.633. The van der Waals surface area contributed by atoms with Crippen LogP contribution in [0.5, 0.6) is 0 Å². The monoisotopic (exact) mass is 426 g/mol. The molecule has 5 nitrogen and oxygen atoms in total. The number of hydrogen-bond acceptors (Lipinski definition) is 3. The van der Waals surface area contributed by atoms with E-state index in [0.29, 0.717) is 27.1 Å². The SMILES string of the molecule is O=C(Nc1ccccc1F)c1nc(-c2cccc(Cl)c2)n(-c2ccc(Cl)cc2)n1. The number of anilines is 1. The Balaban J connectivity index is 1.78. The quantitative estimate of drug-likeness (QED) is 0.459. The minimum Gasteiger partial charge on any atom is -0.317 e. The first-order valence-corrected chi connectivity index (χ1v) is 9.32. The second-order valence-corrected chi connectivity index (χ2v) is 6.96. The lowest BCUT2D eigenvalue weighted by Crippen LogP contribution is -2.15. The van der Waals surface area contributed by atoms with Crippen LogP contribution in [0.15, 0.2) is 72.8 Å². The maximum Gasteiger partial charge on any atom is 0.295 e. The normalized spacial score (nSPS) is 10.7. The van der Waals surface area contributed by atoms with Gasteiger partial charge in [0.15, 0.2) is 5.82 Å². The van der Waals surface area contributed by atoms with E-state index in [1.807, 2.05) is 0 Å². The number of benzene rings is 3. The Bertz CT molecular complexity index is 1190. The Morgan fingerprint density at radius 2 is 1.69 bits per heavy atom. The molecule has 4 rings (SSSR count). The lowest BCUT2D eigenvalue weighted by Gasteiger charge is -2.06. The van der Waals surface area contributed by atoms with Gasteiger partial charge < -0.3 is 5.32 Å². The Hall–Kier alpha value is -3.22. The molecule has 3 aromatic carbocycles. The molecule has 0 fully saturated rings. The van der Waals surface area contributed by atoms with Crippen molar-refractivity contribution in [3.63, 3.8) is 0 Å². The Morgan fingerprint density at radius 1 is 0.931 bits per heavy atom. The third-order valence-corrected chi connectivity index (χ3v) is 4.57. The molecule has 1 N–H and O–H groups in total. The molecule has 0 unspecified atom stereocenters. The van der Waals surface area contributed by atoms with Crippen LogP contribution in [0.4, 0.5) is 10.1 Å². The summed E-state index contributed by atoms with van der Waals surface area (Å²) in [4.78, 5) is 17.0. The maximum atomic E-state index is 13.9. The van der Waals surface area contributed by atoms with E-state index < -0.39 is 11.7 Å². The second-order valence-electron chi connectivity index (χ2n) is 6.09. The van der Waals surface area contributed by atoms with Gasteiger partial charge in [0.1, 0.15) is 5.82 Å². The zero-order valence-corrected chi connectivity index (χ0v) is 16.3. The van der Waals surface area contributed by atoms with E-state index in [9.17, 15) is 9.18 Å². The summed E-state index contributed by atoms with van der Waals surface area (Å²) in [6.07, 6.45) is 0. The minimum absolute atomic E-state index is 0.0460. The molecule has 0 aliphatic carbocycles. The predicted octanol–water partition coefficient (Wildman–Crippen LogP) is 5.63. The van der Waals surface area contributed by atoms with Gasteiger partial charge in [-0.25, -0.2) is 14.1 Å². The number of carbonyl (C=O) groups excluding carboxylic acids is 1. The van der Waals surface area contributed by atoms with Gasteiger partial charge in [-0.2, -0.15) is 0 Å². The summed E-state index contributed by atoms with van der Waals surface area (Å²) in [5.41, 5.74) is 1.37. The van der Waals surface area contributed by atoms with E-state index in [-0.39, 0.29) is 11.5 Å². The molecule has 1 amide bonds. The third kappa shape index (κ3) is 4.13. The lowest BCUT2D eigenvalue weighted by molar-refractivity contribution is 0.101. The van der Waals surface area contributed by atoms with Gasteiger partial charge in [0.25, 0.3) is 5.91 Å². The van der Waals surface area contributed by atoms with Gasteiger partial charge in [0, 0.05) is 15.6 Å². The van der Waals surface area contributed by atoms with Crippen molar-refractivity contribution in [3.05, 3.63) is 94.5 Å². The van der Waals surface area contributed by atoms with Crippen molar-refractivity contribution in [1.82, 2.24) is 14.8 Å². The summed E-state index contributed by atoms with van der Waals surface area (Å²) in [6.45, 7) is 0. The average Bonchev–Trinajstić information content (AvgIpc) is 3.16. The number of nitrogens with one attached hydrogen (secondary N) is 1. The van der Waals surface area contributed by atoms with Crippen molar-refractivity contribution in [3.8, 4) is 17.1 Å². The summed E-state index contributed by atoms with van der Waals surface area (Å²) in [7, 11) is 0. The molecule has 0 bridgehead atoms. The zero-order valence-electron chi connectivity index (χ0n) is 14.8. The molecule has 144 valence electrons. The fourth-order valence-electron chi connectivity index (χ4n) is 2.73. The molecule has 0 spiro atoms. The summed E-state index contributed by atoms with van der Waals surface area (Å²) in [6, 6.07) is 19.8. The molecule has 1 heterocycles. The Morgan fingerprint density at radius 3 is 2.41 bits per heavy atom. The summed E-state index contributed by atoms with van der Waals surface area (Å²) < 4.78 is 15.4. The molecule has 0 saturated heterocycles. The number of para-hydroxylation sites is 1. The van der Waals surface area contributed by atoms with Crippen LogP contribution < -0.4 is 5.32 Å². The molecule has 4 aromatic rings. The van der Waals surface area contributed by atoms with Crippen LogP contribution in [0.3, 0.4) is 0 Å². The van der Waals surface area contributed by atoms with Crippen molar-refractivity contribution in [2.45, 2.75) is 0 Å². The van der Waals surface area contributed by atoms with Crippen LogP contribution in [-0.4, -0.2) is 20.7 Å². The number of rotatable bonds is 4. The van der Waals surface area contributed by atoms with Gasteiger partial charge in [-0.05, 0) is 48.5 Å². The Labute approximate surface area is 175 Å². The van der Waals surface area contributed by atoms with Crippen LogP contribution >= 0.6 is 23.2 Å². The van der Waals surface area contributed by atoms with Crippen molar-refractivity contribution >= 4 is 34.8 Å². The molecule has 0 radical (unpaired) electrons. The fourth-order valence-corrected chi connectivity index (χ4v) is 3.04. The van der Waals surface area contributed by atoms with Crippen LogP contribution in [0, 0.1) is 5.82 Å². The molecule has 0 atom stereocenters. The molecular formula is C21H13Cl2FN4O. The van der Waals surface area contributed by atoms with E-state index in [2.05, 4.69) is 15.4 Å². The number of hydrogen-bond donors (Lipinski definition) is 1. The number of nitrogens with zero attached hydrogens (tertiary/aromatic N) is 3. The van der Waals surface area contributed by atoms with Gasteiger partial charge in [-0.15, -0.1) is 5.10 Å². The van der Waals surface area contributed by atoms with Gasteiger partial charge in [0.05, 0.1) is 11.4 Å². The lowest BCUT2D eigenvalue weighted by atomic mass is 10.2. The third-order valence-electron chi connectivity index (χ3n) is 4.09. The fraction of sp³-hybridized carbons (Fsp3) is 0. The molecule has 29 heavy (non-hydrogen) atoms. The van der Waals surface area contributed by atoms with Crippen molar-refractivity contribution < 1.29 is 9.18 Å². The Kier molecular flexibility index (Phi) is 5.29. The zero-order chi connectivity index (χ0) is 20.4. The first-order valence-electron chi connectivity index (χ1n) is 8.56.